The molecule has 1 heterocycles. The van der Waals surface area contributed by atoms with Gasteiger partial charge in [0.25, 0.3) is 0 Å². The number of carbonyl (C=O) groups is 1. The van der Waals surface area contributed by atoms with Crippen molar-refractivity contribution in [1.29, 1.82) is 0 Å². The molecule has 1 aromatic heterocycles. The fourth-order valence-electron chi connectivity index (χ4n) is 1.87. The molecule has 5 heteroatoms. The lowest BCUT2D eigenvalue weighted by Crippen LogP contribution is -2.42. The molecular weight excluding hydrogens is 258 g/mol. The van der Waals surface area contributed by atoms with Gasteiger partial charge in [0, 0.05) is 13.6 Å². The number of thiazole rings is 1. The Bertz CT molecular complexity index is 558. The Morgan fingerprint density at radius 1 is 1.42 bits per heavy atom. The van der Waals surface area contributed by atoms with Crippen molar-refractivity contribution >= 4 is 27.5 Å². The van der Waals surface area contributed by atoms with Crippen LogP contribution in [0.1, 0.15) is 18.9 Å². The summed E-state index contributed by atoms with van der Waals surface area (Å²) >= 11 is 1.62. The summed E-state index contributed by atoms with van der Waals surface area (Å²) < 4.78 is 1.15. The summed E-state index contributed by atoms with van der Waals surface area (Å²) in [6, 6.07) is 8.00. The second-order valence-electron chi connectivity index (χ2n) is 5.32. The van der Waals surface area contributed by atoms with E-state index in [1.54, 1.807) is 23.3 Å². The van der Waals surface area contributed by atoms with Crippen molar-refractivity contribution in [3.05, 3.63) is 29.3 Å². The van der Waals surface area contributed by atoms with Crippen LogP contribution >= 0.6 is 11.3 Å². The van der Waals surface area contributed by atoms with Crippen molar-refractivity contribution in [3.8, 4) is 0 Å². The SMILES string of the molecule is CN(Cc1nc2ccccc2s1)C(=O)C(C)(C)CN. The lowest BCUT2D eigenvalue weighted by Gasteiger charge is -2.27. The topological polar surface area (TPSA) is 59.2 Å². The Hall–Kier alpha value is -1.46. The predicted octanol–water partition coefficient (Wildman–Crippen LogP) is 2.24. The van der Waals surface area contributed by atoms with Gasteiger partial charge >= 0.3 is 0 Å². The third kappa shape index (κ3) is 2.93. The number of benzene rings is 1. The number of amides is 1. The van der Waals surface area contributed by atoms with Crippen molar-refractivity contribution in [2.75, 3.05) is 13.6 Å². The fraction of sp³-hybridized carbons (Fsp3) is 0.429. The normalized spacial score (nSPS) is 11.8. The van der Waals surface area contributed by atoms with Crippen LogP contribution in [0, 0.1) is 5.41 Å². The Labute approximate surface area is 117 Å². The van der Waals surface area contributed by atoms with Crippen LogP contribution in [0.2, 0.25) is 0 Å². The number of hydrogen-bond acceptors (Lipinski definition) is 4. The van der Waals surface area contributed by atoms with E-state index in [2.05, 4.69) is 4.98 Å². The molecule has 0 aliphatic heterocycles. The first-order valence-electron chi connectivity index (χ1n) is 6.24. The van der Waals surface area contributed by atoms with E-state index in [1.165, 1.54) is 0 Å². The van der Waals surface area contributed by atoms with E-state index in [1.807, 2.05) is 38.1 Å². The Morgan fingerprint density at radius 2 is 2.11 bits per heavy atom. The highest BCUT2D eigenvalue weighted by Gasteiger charge is 2.29. The first-order valence-corrected chi connectivity index (χ1v) is 7.06. The first kappa shape index (κ1) is 14.0. The number of aromatic nitrogens is 1. The predicted molar refractivity (Wildman–Crippen MR) is 78.9 cm³/mol. The van der Waals surface area contributed by atoms with Crippen LogP contribution in [0.5, 0.6) is 0 Å². The number of nitrogens with two attached hydrogens (primary N) is 1. The Balaban J connectivity index is 2.14. The van der Waals surface area contributed by atoms with Crippen LogP contribution in [-0.2, 0) is 11.3 Å². The fourth-order valence-corrected chi connectivity index (χ4v) is 2.89. The van der Waals surface area contributed by atoms with Crippen molar-refractivity contribution < 1.29 is 4.79 Å². The first-order chi connectivity index (χ1) is 8.94. The number of fused-ring (bicyclic) bond motifs is 1. The van der Waals surface area contributed by atoms with Crippen molar-refractivity contribution in [3.63, 3.8) is 0 Å². The number of rotatable bonds is 4. The van der Waals surface area contributed by atoms with Crippen molar-refractivity contribution in [2.45, 2.75) is 20.4 Å². The third-order valence-electron chi connectivity index (χ3n) is 3.15. The van der Waals surface area contributed by atoms with Gasteiger partial charge in [-0.25, -0.2) is 4.98 Å². The van der Waals surface area contributed by atoms with E-state index in [-0.39, 0.29) is 5.91 Å². The molecule has 0 aliphatic carbocycles. The average molecular weight is 277 g/mol. The quantitative estimate of drug-likeness (QED) is 0.932. The molecule has 19 heavy (non-hydrogen) atoms. The van der Waals surface area contributed by atoms with Gasteiger partial charge in [0.05, 0.1) is 22.2 Å². The number of hydrogen-bond donors (Lipinski definition) is 1. The lowest BCUT2D eigenvalue weighted by atomic mass is 9.92. The molecule has 0 saturated heterocycles. The molecule has 102 valence electrons. The molecule has 0 radical (unpaired) electrons. The zero-order valence-corrected chi connectivity index (χ0v) is 12.3. The standard InChI is InChI=1S/C14H19N3OS/c1-14(2,9-15)13(18)17(3)8-12-16-10-6-4-5-7-11(10)19-12/h4-7H,8-9,15H2,1-3H3. The smallest absolute Gasteiger partial charge is 0.229 e. The largest absolute Gasteiger partial charge is 0.338 e. The van der Waals surface area contributed by atoms with Crippen molar-refractivity contribution in [1.82, 2.24) is 9.88 Å². The van der Waals surface area contributed by atoms with E-state index in [0.29, 0.717) is 13.1 Å². The minimum atomic E-state index is -0.522. The summed E-state index contributed by atoms with van der Waals surface area (Å²) in [6.07, 6.45) is 0. The minimum absolute atomic E-state index is 0.0502. The van der Waals surface area contributed by atoms with Gasteiger partial charge in [-0.1, -0.05) is 12.1 Å². The molecule has 2 rings (SSSR count). The van der Waals surface area contributed by atoms with Crippen LogP contribution in [0.15, 0.2) is 24.3 Å². The highest BCUT2D eigenvalue weighted by atomic mass is 32.1. The maximum Gasteiger partial charge on any atom is 0.229 e. The van der Waals surface area contributed by atoms with Gasteiger partial charge in [-0.15, -0.1) is 11.3 Å². The maximum atomic E-state index is 12.2. The van der Waals surface area contributed by atoms with Gasteiger partial charge in [-0.3, -0.25) is 4.79 Å². The third-order valence-corrected chi connectivity index (χ3v) is 4.17. The highest BCUT2D eigenvalue weighted by Crippen LogP contribution is 2.24. The zero-order valence-electron chi connectivity index (χ0n) is 11.5. The molecule has 0 atom stereocenters. The average Bonchev–Trinajstić information content (AvgIpc) is 2.79. The number of carbonyl (C=O) groups excluding carboxylic acids is 1. The van der Waals surface area contributed by atoms with Gasteiger partial charge < -0.3 is 10.6 Å². The second-order valence-corrected chi connectivity index (χ2v) is 6.44. The summed E-state index contributed by atoms with van der Waals surface area (Å²) in [6.45, 7) is 4.60. The molecule has 0 aliphatic rings. The second kappa shape index (κ2) is 5.27. The number of nitrogens with zero attached hydrogens (tertiary/aromatic N) is 2. The van der Waals surface area contributed by atoms with Gasteiger partial charge in [0.1, 0.15) is 5.01 Å². The van der Waals surface area contributed by atoms with Crippen LogP contribution in [0.4, 0.5) is 0 Å². The molecule has 0 bridgehead atoms. The van der Waals surface area contributed by atoms with Crippen molar-refractivity contribution in [2.24, 2.45) is 11.1 Å². The molecule has 0 unspecified atom stereocenters. The monoisotopic (exact) mass is 277 g/mol. The van der Waals surface area contributed by atoms with E-state index >= 15 is 0 Å². The van der Waals surface area contributed by atoms with E-state index in [0.717, 1.165) is 15.2 Å². The Kier molecular flexibility index (Phi) is 3.87. The van der Waals surface area contributed by atoms with Gasteiger partial charge in [0.15, 0.2) is 0 Å². The molecule has 1 amide bonds. The summed E-state index contributed by atoms with van der Waals surface area (Å²) in [7, 11) is 1.80. The summed E-state index contributed by atoms with van der Waals surface area (Å²) in [5, 5.41) is 0.949. The van der Waals surface area contributed by atoms with Gasteiger partial charge in [-0.05, 0) is 26.0 Å². The molecule has 0 spiro atoms. The van der Waals surface area contributed by atoms with E-state index in [9.17, 15) is 4.79 Å². The lowest BCUT2D eigenvalue weighted by molar-refractivity contribution is -0.139. The molecule has 4 nitrogen and oxygen atoms in total. The summed E-state index contributed by atoms with van der Waals surface area (Å²) in [5.41, 5.74) is 6.10. The zero-order chi connectivity index (χ0) is 14.0. The minimum Gasteiger partial charge on any atom is -0.338 e. The Morgan fingerprint density at radius 3 is 2.74 bits per heavy atom. The van der Waals surface area contributed by atoms with Gasteiger partial charge in [0.2, 0.25) is 5.91 Å². The summed E-state index contributed by atoms with van der Waals surface area (Å²) in [4.78, 5) is 18.5. The summed E-state index contributed by atoms with van der Waals surface area (Å²) in [5.74, 6) is 0.0502. The van der Waals surface area contributed by atoms with Crippen LogP contribution in [0.25, 0.3) is 10.2 Å². The molecule has 0 saturated carbocycles. The number of para-hydroxylation sites is 1. The molecule has 1 aromatic carbocycles. The highest BCUT2D eigenvalue weighted by molar-refractivity contribution is 7.18. The molecule has 2 N–H and O–H groups in total. The van der Waals surface area contributed by atoms with Crippen LogP contribution < -0.4 is 5.73 Å². The van der Waals surface area contributed by atoms with Crippen LogP contribution in [0.3, 0.4) is 0 Å². The molecular formula is C14H19N3OS. The van der Waals surface area contributed by atoms with Gasteiger partial charge in [-0.2, -0.15) is 0 Å². The van der Waals surface area contributed by atoms with Crippen LogP contribution in [-0.4, -0.2) is 29.4 Å². The maximum absolute atomic E-state index is 12.2. The molecule has 0 fully saturated rings. The van der Waals surface area contributed by atoms with E-state index in [4.69, 9.17) is 5.73 Å². The van der Waals surface area contributed by atoms with E-state index < -0.39 is 5.41 Å². The molecule has 2 aromatic rings.